The fraction of sp³-hybridized carbons (Fsp3) is 0. The molecule has 2 nitrogen and oxygen atoms in total. The summed E-state index contributed by atoms with van der Waals surface area (Å²) < 4.78 is 9.26. The van der Waals surface area contributed by atoms with Crippen LogP contribution in [0.3, 0.4) is 0 Å². The van der Waals surface area contributed by atoms with Gasteiger partial charge in [0, 0.05) is 48.4 Å². The Morgan fingerprint density at radius 1 is 0.344 bits per heavy atom. The van der Waals surface area contributed by atoms with E-state index in [2.05, 4.69) is 229 Å². The van der Waals surface area contributed by atoms with E-state index in [4.69, 9.17) is 4.42 Å². The van der Waals surface area contributed by atoms with Crippen molar-refractivity contribution in [3.63, 3.8) is 0 Å². The molecule has 0 aliphatic heterocycles. The van der Waals surface area contributed by atoms with E-state index < -0.39 is 0 Å². The van der Waals surface area contributed by atoms with Gasteiger partial charge < -0.3 is 9.32 Å². The predicted octanol–water partition coefficient (Wildman–Crippen LogP) is 17.2. The molecule has 0 atom stereocenters. The number of furan rings is 1. The molecular formula is C58H37NOS. The van der Waals surface area contributed by atoms with Gasteiger partial charge in [-0.2, -0.15) is 0 Å². The van der Waals surface area contributed by atoms with Crippen LogP contribution in [-0.4, -0.2) is 0 Å². The zero-order valence-corrected chi connectivity index (χ0v) is 33.9. The standard InChI is InChI=1S/C58H37NOS/c1-3-11-38(12-4-1)46-27-31-50-51-32-30-48(37-55(51)60-54(50)36-46)59(53-34-33-49(43-14-5-2-6-15-43)58-57(53)52-17-9-10-18-56(52)61-58)47-28-25-41(26-29-47)40-19-21-42(22-20-40)45-24-23-39-13-7-8-16-44(39)35-45/h1-37H. The molecule has 286 valence electrons. The predicted molar refractivity (Wildman–Crippen MR) is 261 cm³/mol. The minimum atomic E-state index is 0.859. The van der Waals surface area contributed by atoms with Crippen LogP contribution in [0.15, 0.2) is 229 Å². The Morgan fingerprint density at radius 2 is 0.885 bits per heavy atom. The quantitative estimate of drug-likeness (QED) is 0.160. The van der Waals surface area contributed by atoms with E-state index >= 15 is 0 Å². The first kappa shape index (κ1) is 35.2. The Bertz CT molecular complexity index is 3570. The summed E-state index contributed by atoms with van der Waals surface area (Å²) in [5.74, 6) is 0. The Morgan fingerprint density at radius 3 is 1.66 bits per heavy atom. The van der Waals surface area contributed by atoms with Crippen molar-refractivity contribution in [2.24, 2.45) is 0 Å². The Hall–Kier alpha value is -7.72. The topological polar surface area (TPSA) is 16.4 Å². The number of hydrogen-bond donors (Lipinski definition) is 0. The van der Waals surface area contributed by atoms with E-state index in [1.54, 1.807) is 0 Å². The lowest BCUT2D eigenvalue weighted by Gasteiger charge is -2.27. The smallest absolute Gasteiger partial charge is 0.137 e. The van der Waals surface area contributed by atoms with E-state index in [9.17, 15) is 0 Å². The fourth-order valence-electron chi connectivity index (χ4n) is 9.01. The number of benzene rings is 10. The molecule has 0 unspecified atom stereocenters. The average Bonchev–Trinajstić information content (AvgIpc) is 3.91. The van der Waals surface area contributed by atoms with E-state index in [1.807, 2.05) is 11.3 Å². The van der Waals surface area contributed by atoms with Gasteiger partial charge in [-0.05, 0) is 110 Å². The molecule has 12 aromatic rings. The first-order chi connectivity index (χ1) is 30.2. The van der Waals surface area contributed by atoms with Crippen LogP contribution in [0.25, 0.3) is 97.4 Å². The average molecular weight is 796 g/mol. The van der Waals surface area contributed by atoms with Crippen LogP contribution in [0.1, 0.15) is 0 Å². The summed E-state index contributed by atoms with van der Waals surface area (Å²) in [6.45, 7) is 0. The lowest BCUT2D eigenvalue weighted by Crippen LogP contribution is -2.10. The minimum Gasteiger partial charge on any atom is -0.456 e. The zero-order chi connectivity index (χ0) is 40.3. The van der Waals surface area contributed by atoms with Gasteiger partial charge in [0.1, 0.15) is 11.2 Å². The maximum absolute atomic E-state index is 6.71. The number of thiophene rings is 1. The molecule has 0 saturated heterocycles. The van der Waals surface area contributed by atoms with Gasteiger partial charge in [-0.3, -0.25) is 0 Å². The third-order valence-electron chi connectivity index (χ3n) is 12.1. The van der Waals surface area contributed by atoms with Gasteiger partial charge in [0.25, 0.3) is 0 Å². The van der Waals surface area contributed by atoms with Gasteiger partial charge in [-0.1, -0.05) is 164 Å². The third-order valence-corrected chi connectivity index (χ3v) is 13.3. The van der Waals surface area contributed by atoms with Gasteiger partial charge in [0.15, 0.2) is 0 Å². The zero-order valence-electron chi connectivity index (χ0n) is 33.1. The summed E-state index contributed by atoms with van der Waals surface area (Å²) in [5, 5.41) is 7.22. The van der Waals surface area contributed by atoms with Crippen LogP contribution in [0.5, 0.6) is 0 Å². The number of anilines is 3. The van der Waals surface area contributed by atoms with Crippen molar-refractivity contribution in [1.82, 2.24) is 0 Å². The molecule has 0 aliphatic rings. The summed E-state index contributed by atoms with van der Waals surface area (Å²) in [7, 11) is 0. The molecule has 0 spiro atoms. The first-order valence-electron chi connectivity index (χ1n) is 20.7. The minimum absolute atomic E-state index is 0.859. The van der Waals surface area contributed by atoms with Crippen molar-refractivity contribution in [3.05, 3.63) is 224 Å². The lowest BCUT2D eigenvalue weighted by atomic mass is 9.98. The van der Waals surface area contributed by atoms with E-state index in [0.717, 1.165) is 44.6 Å². The van der Waals surface area contributed by atoms with Gasteiger partial charge >= 0.3 is 0 Å². The molecule has 0 amide bonds. The van der Waals surface area contributed by atoms with Gasteiger partial charge in [0.2, 0.25) is 0 Å². The van der Waals surface area contributed by atoms with Crippen molar-refractivity contribution in [2.45, 2.75) is 0 Å². The second-order valence-corrected chi connectivity index (χ2v) is 16.7. The maximum Gasteiger partial charge on any atom is 0.137 e. The van der Waals surface area contributed by atoms with Crippen LogP contribution in [0, 0.1) is 0 Å². The molecule has 0 bridgehead atoms. The molecule has 10 aromatic carbocycles. The molecule has 0 radical (unpaired) electrons. The monoisotopic (exact) mass is 795 g/mol. The lowest BCUT2D eigenvalue weighted by molar-refractivity contribution is 0.669. The number of fused-ring (bicyclic) bond motifs is 7. The number of nitrogens with zero attached hydrogens (tertiary/aromatic N) is 1. The molecule has 2 heterocycles. The van der Waals surface area contributed by atoms with Crippen LogP contribution in [0.2, 0.25) is 0 Å². The van der Waals surface area contributed by atoms with Crippen molar-refractivity contribution >= 4 is 81.3 Å². The third kappa shape index (κ3) is 6.18. The molecule has 2 aromatic heterocycles. The number of hydrogen-bond acceptors (Lipinski definition) is 3. The molecular weight excluding hydrogens is 759 g/mol. The second-order valence-electron chi connectivity index (χ2n) is 15.7. The van der Waals surface area contributed by atoms with Gasteiger partial charge in [-0.15, -0.1) is 11.3 Å². The molecule has 0 saturated carbocycles. The SMILES string of the molecule is c1ccc(-c2ccc3c(c2)oc2cc(N(c4ccc(-c5ccc(-c6ccc7ccccc7c6)cc5)cc4)c4ccc(-c5ccccc5)c5sc6ccccc6c45)ccc23)cc1. The molecule has 0 N–H and O–H groups in total. The summed E-state index contributed by atoms with van der Waals surface area (Å²) in [6, 6.07) is 81.1. The van der Waals surface area contributed by atoms with Crippen molar-refractivity contribution < 1.29 is 4.42 Å². The molecule has 0 aliphatic carbocycles. The molecule has 0 fully saturated rings. The highest BCUT2D eigenvalue weighted by Gasteiger charge is 2.22. The highest BCUT2D eigenvalue weighted by atomic mass is 32.1. The van der Waals surface area contributed by atoms with Crippen molar-refractivity contribution in [1.29, 1.82) is 0 Å². The summed E-state index contributed by atoms with van der Waals surface area (Å²) in [4.78, 5) is 2.41. The summed E-state index contributed by atoms with van der Waals surface area (Å²) >= 11 is 1.86. The van der Waals surface area contributed by atoms with E-state index in [1.165, 1.54) is 69.9 Å². The number of rotatable bonds is 7. The van der Waals surface area contributed by atoms with Crippen LogP contribution in [0.4, 0.5) is 17.1 Å². The van der Waals surface area contributed by atoms with E-state index in [-0.39, 0.29) is 0 Å². The van der Waals surface area contributed by atoms with Crippen molar-refractivity contribution in [2.75, 3.05) is 4.90 Å². The Kier molecular flexibility index (Phi) is 8.39. The second kappa shape index (κ2) is 14.5. The highest BCUT2D eigenvalue weighted by molar-refractivity contribution is 7.26. The fourth-order valence-corrected chi connectivity index (χ4v) is 10.3. The van der Waals surface area contributed by atoms with Gasteiger partial charge in [0.05, 0.1) is 5.69 Å². The van der Waals surface area contributed by atoms with E-state index in [0.29, 0.717) is 0 Å². The summed E-state index contributed by atoms with van der Waals surface area (Å²) in [5.41, 5.74) is 14.5. The first-order valence-corrected chi connectivity index (χ1v) is 21.5. The summed E-state index contributed by atoms with van der Waals surface area (Å²) in [6.07, 6.45) is 0. The molecule has 61 heavy (non-hydrogen) atoms. The molecule has 3 heteroatoms. The largest absolute Gasteiger partial charge is 0.456 e. The Balaban J connectivity index is 0.994. The Labute approximate surface area is 357 Å². The molecule has 12 rings (SSSR count). The van der Waals surface area contributed by atoms with Crippen LogP contribution < -0.4 is 4.90 Å². The normalized spacial score (nSPS) is 11.6. The highest BCUT2D eigenvalue weighted by Crippen LogP contribution is 2.49. The van der Waals surface area contributed by atoms with Crippen molar-refractivity contribution in [3.8, 4) is 44.5 Å². The maximum atomic E-state index is 6.71. The van der Waals surface area contributed by atoms with Gasteiger partial charge in [-0.25, -0.2) is 0 Å². The van der Waals surface area contributed by atoms with Crippen LogP contribution in [-0.2, 0) is 0 Å². The van der Waals surface area contributed by atoms with Crippen LogP contribution >= 0.6 is 11.3 Å².